The highest BCUT2D eigenvalue weighted by molar-refractivity contribution is 5.78. The van der Waals surface area contributed by atoms with Gasteiger partial charge in [0.1, 0.15) is 0 Å². The Hall–Kier alpha value is -0.610. The summed E-state index contributed by atoms with van der Waals surface area (Å²) in [4.78, 5) is 13.6. The van der Waals surface area contributed by atoms with Crippen LogP contribution in [0.3, 0.4) is 0 Å². The topological polar surface area (TPSA) is 52.6 Å². The Bertz CT molecular complexity index is 174. The highest BCUT2D eigenvalue weighted by Crippen LogP contribution is 1.93. The predicted octanol–water partition coefficient (Wildman–Crippen LogP) is 0.605. The number of likely N-dealkylation sites (N-methyl/N-ethyl adjacent to an activating group) is 1. The van der Waals surface area contributed by atoms with E-state index in [0.29, 0.717) is 6.54 Å². The summed E-state index contributed by atoms with van der Waals surface area (Å²) in [6.45, 7) is 8.31. The summed E-state index contributed by atoms with van der Waals surface area (Å²) in [6, 6.07) is 0.244. The third kappa shape index (κ3) is 7.33. The fourth-order valence-electron chi connectivity index (χ4n) is 1.27. The normalized spacial score (nSPS) is 12.9. The monoisotopic (exact) mass is 216 g/mol. The summed E-state index contributed by atoms with van der Waals surface area (Å²) in [5.41, 5.74) is 0. The smallest absolute Gasteiger partial charge is 0.234 e. The number of hydrogen-bond donors (Lipinski definition) is 2. The minimum absolute atomic E-state index is 0.0733. The Morgan fingerprint density at radius 2 is 2.13 bits per heavy atom. The molecular formula is C11H24N2O2. The lowest BCUT2D eigenvalue weighted by Gasteiger charge is -2.20. The molecule has 0 aliphatic rings. The molecule has 0 aromatic heterocycles. The van der Waals surface area contributed by atoms with Gasteiger partial charge >= 0.3 is 0 Å². The molecule has 0 saturated heterocycles. The standard InChI is InChI=1S/C11H24N2O2/c1-4-10(3)12-11(15)9-13(5-2)7-6-8-14/h10,14H,4-9H2,1-3H3,(H,12,15). The van der Waals surface area contributed by atoms with Crippen LogP contribution in [0.4, 0.5) is 0 Å². The molecule has 0 aromatic carbocycles. The van der Waals surface area contributed by atoms with E-state index in [-0.39, 0.29) is 18.6 Å². The van der Waals surface area contributed by atoms with E-state index < -0.39 is 0 Å². The third-order valence-electron chi connectivity index (χ3n) is 2.47. The molecule has 0 spiro atoms. The molecule has 4 heteroatoms. The quantitative estimate of drug-likeness (QED) is 0.625. The number of aliphatic hydroxyl groups excluding tert-OH is 1. The van der Waals surface area contributed by atoms with E-state index >= 15 is 0 Å². The van der Waals surface area contributed by atoms with Gasteiger partial charge in [0.05, 0.1) is 6.54 Å². The zero-order chi connectivity index (χ0) is 11.7. The number of amides is 1. The Kier molecular flexibility index (Phi) is 8.33. The number of aliphatic hydroxyl groups is 1. The van der Waals surface area contributed by atoms with Gasteiger partial charge in [0.15, 0.2) is 0 Å². The first-order valence-corrected chi connectivity index (χ1v) is 5.76. The van der Waals surface area contributed by atoms with Crippen molar-refractivity contribution in [3.63, 3.8) is 0 Å². The van der Waals surface area contributed by atoms with Crippen LogP contribution in [0.2, 0.25) is 0 Å². The van der Waals surface area contributed by atoms with Crippen molar-refractivity contribution in [3.8, 4) is 0 Å². The van der Waals surface area contributed by atoms with E-state index in [9.17, 15) is 4.79 Å². The van der Waals surface area contributed by atoms with E-state index in [0.717, 1.165) is 25.9 Å². The molecule has 0 aromatic rings. The van der Waals surface area contributed by atoms with E-state index in [2.05, 4.69) is 5.32 Å². The van der Waals surface area contributed by atoms with Crippen LogP contribution >= 0.6 is 0 Å². The van der Waals surface area contributed by atoms with Gasteiger partial charge in [-0.25, -0.2) is 0 Å². The zero-order valence-corrected chi connectivity index (χ0v) is 10.1. The molecule has 0 radical (unpaired) electrons. The van der Waals surface area contributed by atoms with Gasteiger partial charge in [-0.05, 0) is 26.3 Å². The number of carbonyl (C=O) groups is 1. The molecule has 0 heterocycles. The van der Waals surface area contributed by atoms with Crippen molar-refractivity contribution >= 4 is 5.91 Å². The SMILES string of the molecule is CCC(C)NC(=O)CN(CC)CCCO. The van der Waals surface area contributed by atoms with Crippen LogP contribution < -0.4 is 5.32 Å². The van der Waals surface area contributed by atoms with Gasteiger partial charge in [0.25, 0.3) is 0 Å². The van der Waals surface area contributed by atoms with E-state index in [1.165, 1.54) is 0 Å². The fourth-order valence-corrected chi connectivity index (χ4v) is 1.27. The van der Waals surface area contributed by atoms with Gasteiger partial charge in [-0.3, -0.25) is 9.69 Å². The summed E-state index contributed by atoms with van der Waals surface area (Å²) >= 11 is 0. The van der Waals surface area contributed by atoms with Crippen molar-refractivity contribution in [1.82, 2.24) is 10.2 Å². The minimum Gasteiger partial charge on any atom is -0.396 e. The second kappa shape index (κ2) is 8.68. The zero-order valence-electron chi connectivity index (χ0n) is 10.1. The van der Waals surface area contributed by atoms with Gasteiger partial charge < -0.3 is 10.4 Å². The van der Waals surface area contributed by atoms with Crippen LogP contribution in [0, 0.1) is 0 Å². The lowest BCUT2D eigenvalue weighted by atomic mass is 10.2. The number of nitrogens with zero attached hydrogens (tertiary/aromatic N) is 1. The Morgan fingerprint density at radius 1 is 1.47 bits per heavy atom. The first-order chi connectivity index (χ1) is 7.13. The molecule has 0 rings (SSSR count). The van der Waals surface area contributed by atoms with Crippen molar-refractivity contribution in [2.75, 3.05) is 26.2 Å². The second-order valence-corrected chi connectivity index (χ2v) is 3.82. The molecular weight excluding hydrogens is 192 g/mol. The molecule has 2 N–H and O–H groups in total. The van der Waals surface area contributed by atoms with Crippen molar-refractivity contribution < 1.29 is 9.90 Å². The van der Waals surface area contributed by atoms with Gasteiger partial charge in [-0.1, -0.05) is 13.8 Å². The predicted molar refractivity (Wildman–Crippen MR) is 61.7 cm³/mol. The Morgan fingerprint density at radius 3 is 2.60 bits per heavy atom. The first kappa shape index (κ1) is 14.4. The summed E-state index contributed by atoms with van der Waals surface area (Å²) in [5, 5.41) is 11.6. The Labute approximate surface area is 92.7 Å². The van der Waals surface area contributed by atoms with Crippen molar-refractivity contribution in [2.45, 2.75) is 39.7 Å². The lowest BCUT2D eigenvalue weighted by Crippen LogP contribution is -2.41. The molecule has 0 bridgehead atoms. The Balaban J connectivity index is 3.79. The maximum Gasteiger partial charge on any atom is 0.234 e. The molecule has 0 aliphatic heterocycles. The minimum atomic E-state index is 0.0733. The summed E-state index contributed by atoms with van der Waals surface area (Å²) < 4.78 is 0. The lowest BCUT2D eigenvalue weighted by molar-refractivity contribution is -0.122. The van der Waals surface area contributed by atoms with Crippen LogP contribution in [0.1, 0.15) is 33.6 Å². The van der Waals surface area contributed by atoms with E-state index in [4.69, 9.17) is 5.11 Å². The van der Waals surface area contributed by atoms with Gasteiger partial charge in [-0.2, -0.15) is 0 Å². The third-order valence-corrected chi connectivity index (χ3v) is 2.47. The van der Waals surface area contributed by atoms with Crippen molar-refractivity contribution in [3.05, 3.63) is 0 Å². The molecule has 15 heavy (non-hydrogen) atoms. The van der Waals surface area contributed by atoms with E-state index in [1.807, 2.05) is 25.7 Å². The molecule has 0 saturated carbocycles. The molecule has 1 atom stereocenters. The van der Waals surface area contributed by atoms with Crippen LogP contribution in [0.5, 0.6) is 0 Å². The number of nitrogens with one attached hydrogen (secondary N) is 1. The molecule has 0 aliphatic carbocycles. The van der Waals surface area contributed by atoms with Crippen LogP contribution in [0.15, 0.2) is 0 Å². The number of rotatable bonds is 8. The highest BCUT2D eigenvalue weighted by Gasteiger charge is 2.09. The van der Waals surface area contributed by atoms with Crippen LogP contribution in [0.25, 0.3) is 0 Å². The van der Waals surface area contributed by atoms with Gasteiger partial charge in [0.2, 0.25) is 5.91 Å². The van der Waals surface area contributed by atoms with Crippen molar-refractivity contribution in [2.24, 2.45) is 0 Å². The second-order valence-electron chi connectivity index (χ2n) is 3.82. The number of carbonyl (C=O) groups excluding carboxylic acids is 1. The molecule has 90 valence electrons. The summed E-state index contributed by atoms with van der Waals surface area (Å²) in [5.74, 6) is 0.0733. The largest absolute Gasteiger partial charge is 0.396 e. The molecule has 1 amide bonds. The van der Waals surface area contributed by atoms with Gasteiger partial charge in [-0.15, -0.1) is 0 Å². The first-order valence-electron chi connectivity index (χ1n) is 5.76. The molecule has 0 fully saturated rings. The van der Waals surface area contributed by atoms with Crippen LogP contribution in [-0.4, -0.2) is 48.2 Å². The summed E-state index contributed by atoms with van der Waals surface area (Å²) in [6.07, 6.45) is 1.68. The molecule has 4 nitrogen and oxygen atoms in total. The van der Waals surface area contributed by atoms with Gasteiger partial charge in [0, 0.05) is 19.2 Å². The average molecular weight is 216 g/mol. The molecule has 1 unspecified atom stereocenters. The van der Waals surface area contributed by atoms with E-state index in [1.54, 1.807) is 0 Å². The average Bonchev–Trinajstić information content (AvgIpc) is 2.23. The summed E-state index contributed by atoms with van der Waals surface area (Å²) in [7, 11) is 0. The highest BCUT2D eigenvalue weighted by atomic mass is 16.3. The van der Waals surface area contributed by atoms with Crippen molar-refractivity contribution in [1.29, 1.82) is 0 Å². The maximum atomic E-state index is 11.5. The van der Waals surface area contributed by atoms with Crippen LogP contribution in [-0.2, 0) is 4.79 Å². The maximum absolute atomic E-state index is 11.5. The fraction of sp³-hybridized carbons (Fsp3) is 0.909. The number of hydrogen-bond acceptors (Lipinski definition) is 3.